The fraction of sp³-hybridized carbons (Fsp3) is 0.207. The van der Waals surface area contributed by atoms with Crippen molar-refractivity contribution in [2.75, 3.05) is 12.0 Å². The Morgan fingerprint density at radius 2 is 1.59 bits per heavy atom. The van der Waals surface area contributed by atoms with Crippen molar-refractivity contribution < 1.29 is 19.1 Å². The first kappa shape index (κ1) is 20.6. The van der Waals surface area contributed by atoms with Crippen LogP contribution in [0.15, 0.2) is 78.9 Å². The smallest absolute Gasteiger partial charge is 0.180 e. The number of anilines is 1. The van der Waals surface area contributed by atoms with Crippen LogP contribution in [-0.2, 0) is 4.79 Å². The van der Waals surface area contributed by atoms with E-state index in [9.17, 15) is 14.4 Å². The lowest BCUT2D eigenvalue weighted by Crippen LogP contribution is -2.48. The maximum absolute atomic E-state index is 14.3. The number of nitrogens with zero attached hydrogens (tertiary/aromatic N) is 1. The Hall–Kier alpha value is -3.99. The zero-order valence-electron chi connectivity index (χ0n) is 18.9. The molecule has 6 rings (SSSR count). The van der Waals surface area contributed by atoms with E-state index in [0.717, 1.165) is 16.8 Å². The van der Waals surface area contributed by atoms with Crippen molar-refractivity contribution in [1.82, 2.24) is 0 Å². The number of benzene rings is 3. The van der Waals surface area contributed by atoms with E-state index in [1.165, 1.54) is 0 Å². The van der Waals surface area contributed by atoms with Gasteiger partial charge in [-0.25, -0.2) is 0 Å². The van der Waals surface area contributed by atoms with Crippen LogP contribution in [0.1, 0.15) is 44.7 Å². The summed E-state index contributed by atoms with van der Waals surface area (Å²) in [4.78, 5) is 43.9. The lowest BCUT2D eigenvalue weighted by molar-refractivity contribution is -0.118. The Morgan fingerprint density at radius 3 is 2.26 bits per heavy atom. The molecule has 0 amide bonds. The third-order valence-corrected chi connectivity index (χ3v) is 7.58. The van der Waals surface area contributed by atoms with Crippen molar-refractivity contribution in [2.24, 2.45) is 5.41 Å². The van der Waals surface area contributed by atoms with Crippen LogP contribution in [0.5, 0.6) is 5.75 Å². The van der Waals surface area contributed by atoms with Crippen molar-refractivity contribution in [3.05, 3.63) is 101 Å². The molecule has 2 aliphatic heterocycles. The van der Waals surface area contributed by atoms with Gasteiger partial charge < -0.3 is 9.64 Å². The molecule has 0 bridgehead atoms. The minimum absolute atomic E-state index is 0.0867. The van der Waals surface area contributed by atoms with E-state index < -0.39 is 23.4 Å². The van der Waals surface area contributed by atoms with Crippen molar-refractivity contribution >= 4 is 29.1 Å². The fourth-order valence-corrected chi connectivity index (χ4v) is 6.28. The number of hydrogen-bond donors (Lipinski definition) is 0. The number of ether oxygens (including phenoxy) is 1. The molecular weight excluding hydrogens is 426 g/mol. The molecule has 1 aliphatic carbocycles. The van der Waals surface area contributed by atoms with Gasteiger partial charge in [0.15, 0.2) is 17.3 Å². The molecule has 1 fully saturated rings. The van der Waals surface area contributed by atoms with Crippen LogP contribution in [0.4, 0.5) is 5.69 Å². The first-order valence-electron chi connectivity index (χ1n) is 11.4. The van der Waals surface area contributed by atoms with E-state index in [2.05, 4.69) is 0 Å². The predicted octanol–water partition coefficient (Wildman–Crippen LogP) is 4.72. The summed E-state index contributed by atoms with van der Waals surface area (Å²) in [6, 6.07) is 20.9. The maximum Gasteiger partial charge on any atom is 0.180 e. The standard InChI is InChI=1S/C29H23NO4/c1-17(31)26-25(19-9-7-10-20(16-19)34-2)29(27(32)21-11-4-5-12-22(21)28(29)33)24-15-14-18-8-3-6-13-23(18)30(24)26/h3-16,24-26H,1-2H3/t24-,25-,26-/m0/s1. The Morgan fingerprint density at radius 1 is 0.912 bits per heavy atom. The van der Waals surface area contributed by atoms with Crippen molar-refractivity contribution in [3.63, 3.8) is 0 Å². The molecule has 0 N–H and O–H groups in total. The lowest BCUT2D eigenvalue weighted by Gasteiger charge is -2.37. The number of carbonyl (C=O) groups is 3. The molecule has 3 aromatic carbocycles. The molecule has 168 valence electrons. The number of hydrogen-bond acceptors (Lipinski definition) is 5. The van der Waals surface area contributed by atoms with Crippen LogP contribution in [0.2, 0.25) is 0 Å². The van der Waals surface area contributed by atoms with Gasteiger partial charge in [-0.15, -0.1) is 0 Å². The van der Waals surface area contributed by atoms with Gasteiger partial charge in [-0.1, -0.05) is 66.7 Å². The highest BCUT2D eigenvalue weighted by molar-refractivity contribution is 6.32. The maximum atomic E-state index is 14.3. The zero-order valence-corrected chi connectivity index (χ0v) is 18.9. The van der Waals surface area contributed by atoms with Gasteiger partial charge in [0.25, 0.3) is 0 Å². The van der Waals surface area contributed by atoms with E-state index >= 15 is 0 Å². The molecule has 3 atom stereocenters. The van der Waals surface area contributed by atoms with E-state index in [1.807, 2.05) is 65.6 Å². The van der Waals surface area contributed by atoms with Crippen molar-refractivity contribution in [1.29, 1.82) is 0 Å². The first-order chi connectivity index (χ1) is 16.5. The highest BCUT2D eigenvalue weighted by Crippen LogP contribution is 2.60. The molecule has 0 radical (unpaired) electrons. The number of ketones is 3. The second-order valence-electron chi connectivity index (χ2n) is 9.15. The Balaban J connectivity index is 1.69. The quantitative estimate of drug-likeness (QED) is 0.542. The predicted molar refractivity (Wildman–Crippen MR) is 129 cm³/mol. The molecule has 1 saturated heterocycles. The summed E-state index contributed by atoms with van der Waals surface area (Å²) in [6.07, 6.45) is 3.90. The SMILES string of the molecule is COc1cccc([C@H]2[C@H](C(C)=O)N3c4ccccc4C=C[C@H]3C23C(=O)c2ccccc2C3=O)c1. The highest BCUT2D eigenvalue weighted by Gasteiger charge is 2.71. The molecule has 1 spiro atoms. The lowest BCUT2D eigenvalue weighted by atomic mass is 9.64. The van der Waals surface area contributed by atoms with Crippen LogP contribution >= 0.6 is 0 Å². The fourth-order valence-electron chi connectivity index (χ4n) is 6.28. The topological polar surface area (TPSA) is 63.7 Å². The van der Waals surface area contributed by atoms with E-state index in [0.29, 0.717) is 16.9 Å². The molecule has 5 nitrogen and oxygen atoms in total. The van der Waals surface area contributed by atoms with Crippen LogP contribution < -0.4 is 9.64 Å². The summed E-state index contributed by atoms with van der Waals surface area (Å²) in [5.41, 5.74) is 1.97. The minimum Gasteiger partial charge on any atom is -0.497 e. The second-order valence-corrected chi connectivity index (χ2v) is 9.15. The third kappa shape index (κ3) is 2.47. The van der Waals surface area contributed by atoms with Crippen LogP contribution in [0.3, 0.4) is 0 Å². The Bertz CT molecular complexity index is 1370. The molecule has 2 heterocycles. The van der Waals surface area contributed by atoms with E-state index in [4.69, 9.17) is 4.74 Å². The molecule has 5 heteroatoms. The van der Waals surface area contributed by atoms with Crippen molar-refractivity contribution in [2.45, 2.75) is 24.9 Å². The van der Waals surface area contributed by atoms with E-state index in [1.54, 1.807) is 38.3 Å². The van der Waals surface area contributed by atoms with Crippen LogP contribution in [-0.4, -0.2) is 36.5 Å². The monoisotopic (exact) mass is 449 g/mol. The van der Waals surface area contributed by atoms with Gasteiger partial charge in [0.2, 0.25) is 0 Å². The number of fused-ring (bicyclic) bond motifs is 5. The summed E-state index contributed by atoms with van der Waals surface area (Å²) < 4.78 is 5.47. The molecule has 0 aromatic heterocycles. The molecular formula is C29H23NO4. The Labute approximate surface area is 197 Å². The van der Waals surface area contributed by atoms with Crippen LogP contribution in [0, 0.1) is 5.41 Å². The number of carbonyl (C=O) groups excluding carboxylic acids is 3. The van der Waals surface area contributed by atoms with E-state index in [-0.39, 0.29) is 17.3 Å². The number of Topliss-reactive ketones (excluding diaryl/α,β-unsaturated/α-hetero) is 3. The summed E-state index contributed by atoms with van der Waals surface area (Å²) in [7, 11) is 1.58. The average Bonchev–Trinajstić information content (AvgIpc) is 3.31. The van der Waals surface area contributed by atoms with Crippen molar-refractivity contribution in [3.8, 4) is 5.75 Å². The molecule has 3 aliphatic rings. The number of rotatable bonds is 3. The van der Waals surface area contributed by atoms with Gasteiger partial charge in [0.1, 0.15) is 11.2 Å². The largest absolute Gasteiger partial charge is 0.497 e. The van der Waals surface area contributed by atoms with Gasteiger partial charge >= 0.3 is 0 Å². The molecule has 0 saturated carbocycles. The zero-order chi connectivity index (χ0) is 23.6. The van der Waals surface area contributed by atoms with Crippen LogP contribution in [0.25, 0.3) is 6.08 Å². The first-order valence-corrected chi connectivity index (χ1v) is 11.4. The third-order valence-electron chi connectivity index (χ3n) is 7.58. The number of para-hydroxylation sites is 1. The molecule has 34 heavy (non-hydrogen) atoms. The highest BCUT2D eigenvalue weighted by atomic mass is 16.5. The Kier molecular flexibility index (Phi) is 4.40. The second kappa shape index (κ2) is 7.26. The van der Waals surface area contributed by atoms with Gasteiger partial charge in [-0.05, 0) is 36.2 Å². The normalized spacial score (nSPS) is 23.6. The summed E-state index contributed by atoms with van der Waals surface area (Å²) >= 11 is 0. The summed E-state index contributed by atoms with van der Waals surface area (Å²) in [6.45, 7) is 1.55. The summed E-state index contributed by atoms with van der Waals surface area (Å²) in [5.74, 6) is -0.580. The number of methoxy groups -OCH3 is 1. The van der Waals surface area contributed by atoms with Gasteiger partial charge in [0.05, 0.1) is 19.2 Å². The molecule has 0 unspecified atom stereocenters. The van der Waals surface area contributed by atoms with Gasteiger partial charge in [-0.2, -0.15) is 0 Å². The summed E-state index contributed by atoms with van der Waals surface area (Å²) in [5, 5.41) is 0. The van der Waals surface area contributed by atoms with Gasteiger partial charge in [0, 0.05) is 22.7 Å². The molecule has 3 aromatic rings. The van der Waals surface area contributed by atoms with Gasteiger partial charge in [-0.3, -0.25) is 14.4 Å². The average molecular weight is 450 g/mol. The minimum atomic E-state index is -1.45.